The molecule has 1 heterocycles. The van der Waals surface area contributed by atoms with Crippen LogP contribution in [0.2, 0.25) is 0 Å². The maximum Gasteiger partial charge on any atom is 0.321 e. The highest BCUT2D eigenvalue weighted by Crippen LogP contribution is 2.19. The van der Waals surface area contributed by atoms with E-state index in [1.54, 1.807) is 0 Å². The standard InChI is InChI=1S/C12H24N2O4S/c1-3-4-8-11(12(15)16)13-19(17,18)14-9-6-5-7-10(14)2/h10-11,13H,3-9H2,1-2H3,(H,15,16). The minimum absolute atomic E-state index is 0.0631. The molecule has 2 unspecified atom stereocenters. The maximum atomic E-state index is 12.2. The average molecular weight is 292 g/mol. The van der Waals surface area contributed by atoms with Crippen LogP contribution in [0.3, 0.4) is 0 Å². The van der Waals surface area contributed by atoms with Gasteiger partial charge in [-0.15, -0.1) is 0 Å². The van der Waals surface area contributed by atoms with Crippen molar-refractivity contribution < 1.29 is 18.3 Å². The summed E-state index contributed by atoms with van der Waals surface area (Å²) in [6.45, 7) is 4.27. The molecular weight excluding hydrogens is 268 g/mol. The molecule has 0 aliphatic carbocycles. The molecule has 0 bridgehead atoms. The molecule has 0 spiro atoms. The molecule has 6 nitrogen and oxygen atoms in total. The van der Waals surface area contributed by atoms with Gasteiger partial charge in [-0.2, -0.15) is 17.4 Å². The second kappa shape index (κ2) is 7.21. The van der Waals surface area contributed by atoms with Crippen molar-refractivity contribution in [3.05, 3.63) is 0 Å². The Hall–Kier alpha value is -0.660. The third kappa shape index (κ3) is 4.74. The molecular formula is C12H24N2O4S. The lowest BCUT2D eigenvalue weighted by Gasteiger charge is -2.33. The Bertz CT molecular complexity index is 397. The van der Waals surface area contributed by atoms with Crippen molar-refractivity contribution in [2.45, 2.75) is 64.5 Å². The Labute approximate surface area is 115 Å². The van der Waals surface area contributed by atoms with Crippen molar-refractivity contribution in [2.75, 3.05) is 6.54 Å². The highest BCUT2D eigenvalue weighted by Gasteiger charge is 2.32. The van der Waals surface area contributed by atoms with Gasteiger partial charge in [0.1, 0.15) is 6.04 Å². The fourth-order valence-electron chi connectivity index (χ4n) is 2.32. The zero-order chi connectivity index (χ0) is 14.5. The molecule has 19 heavy (non-hydrogen) atoms. The smallest absolute Gasteiger partial charge is 0.321 e. The van der Waals surface area contributed by atoms with Gasteiger partial charge >= 0.3 is 5.97 Å². The van der Waals surface area contributed by atoms with E-state index in [0.717, 1.165) is 25.7 Å². The summed E-state index contributed by atoms with van der Waals surface area (Å²) in [5.74, 6) is -1.11. The number of nitrogens with zero attached hydrogens (tertiary/aromatic N) is 1. The lowest BCUT2D eigenvalue weighted by atomic mass is 10.1. The normalized spacial score (nSPS) is 23.2. The lowest BCUT2D eigenvalue weighted by Crippen LogP contribution is -2.52. The summed E-state index contributed by atoms with van der Waals surface area (Å²) in [7, 11) is -3.70. The molecule has 112 valence electrons. The number of nitrogens with one attached hydrogen (secondary N) is 1. The van der Waals surface area contributed by atoms with Gasteiger partial charge in [0.25, 0.3) is 10.2 Å². The molecule has 2 N–H and O–H groups in total. The fraction of sp³-hybridized carbons (Fsp3) is 0.917. The molecule has 0 aromatic carbocycles. The molecule has 1 aliphatic rings. The van der Waals surface area contributed by atoms with Gasteiger partial charge in [0, 0.05) is 12.6 Å². The van der Waals surface area contributed by atoms with E-state index < -0.39 is 22.2 Å². The Kier molecular flexibility index (Phi) is 6.22. The molecule has 2 atom stereocenters. The third-order valence-electron chi connectivity index (χ3n) is 3.49. The number of hydrogen-bond donors (Lipinski definition) is 2. The van der Waals surface area contributed by atoms with E-state index in [-0.39, 0.29) is 6.04 Å². The molecule has 7 heteroatoms. The van der Waals surface area contributed by atoms with E-state index in [9.17, 15) is 13.2 Å². The number of carboxylic acids is 1. The number of carbonyl (C=O) groups is 1. The zero-order valence-corrected chi connectivity index (χ0v) is 12.4. The van der Waals surface area contributed by atoms with Gasteiger partial charge in [0.15, 0.2) is 0 Å². The molecule has 0 aromatic heterocycles. The van der Waals surface area contributed by atoms with Crippen molar-refractivity contribution in [2.24, 2.45) is 0 Å². The van der Waals surface area contributed by atoms with Crippen molar-refractivity contribution >= 4 is 16.2 Å². The number of hydrogen-bond acceptors (Lipinski definition) is 3. The Morgan fingerprint density at radius 1 is 1.47 bits per heavy atom. The van der Waals surface area contributed by atoms with Gasteiger partial charge in [-0.05, 0) is 26.2 Å². The largest absolute Gasteiger partial charge is 0.480 e. The Balaban J connectivity index is 2.72. The highest BCUT2D eigenvalue weighted by molar-refractivity contribution is 7.87. The van der Waals surface area contributed by atoms with Gasteiger partial charge in [0.2, 0.25) is 0 Å². The SMILES string of the molecule is CCCCC(NS(=O)(=O)N1CCCCC1C)C(=O)O. The van der Waals surface area contributed by atoms with Crippen LogP contribution in [0.1, 0.15) is 52.4 Å². The van der Waals surface area contributed by atoms with E-state index >= 15 is 0 Å². The number of carboxylic acid groups (broad SMARTS) is 1. The van der Waals surface area contributed by atoms with Crippen molar-refractivity contribution in [3.63, 3.8) is 0 Å². The van der Waals surface area contributed by atoms with Crippen LogP contribution in [0.25, 0.3) is 0 Å². The summed E-state index contributed by atoms with van der Waals surface area (Å²) in [5, 5.41) is 9.08. The van der Waals surface area contributed by atoms with Gasteiger partial charge in [-0.25, -0.2) is 0 Å². The maximum absolute atomic E-state index is 12.2. The van der Waals surface area contributed by atoms with Crippen molar-refractivity contribution in [1.82, 2.24) is 9.03 Å². The van der Waals surface area contributed by atoms with Crippen LogP contribution in [-0.4, -0.2) is 42.4 Å². The minimum atomic E-state index is -3.70. The van der Waals surface area contributed by atoms with Crippen LogP contribution < -0.4 is 4.72 Å². The van der Waals surface area contributed by atoms with E-state index in [1.165, 1.54) is 4.31 Å². The number of piperidine rings is 1. The van der Waals surface area contributed by atoms with E-state index in [1.807, 2.05) is 13.8 Å². The average Bonchev–Trinajstić information content (AvgIpc) is 2.34. The van der Waals surface area contributed by atoms with Gasteiger partial charge in [0.05, 0.1) is 0 Å². The van der Waals surface area contributed by atoms with Gasteiger partial charge < -0.3 is 5.11 Å². The lowest BCUT2D eigenvalue weighted by molar-refractivity contribution is -0.139. The van der Waals surface area contributed by atoms with Gasteiger partial charge in [-0.3, -0.25) is 4.79 Å². The van der Waals surface area contributed by atoms with Crippen molar-refractivity contribution in [1.29, 1.82) is 0 Å². The monoisotopic (exact) mass is 292 g/mol. The Morgan fingerprint density at radius 3 is 2.68 bits per heavy atom. The minimum Gasteiger partial charge on any atom is -0.480 e. The molecule has 0 radical (unpaired) electrons. The van der Waals surface area contributed by atoms with Crippen LogP contribution in [0.5, 0.6) is 0 Å². The summed E-state index contributed by atoms with van der Waals surface area (Å²) in [4.78, 5) is 11.1. The molecule has 0 saturated carbocycles. The highest BCUT2D eigenvalue weighted by atomic mass is 32.2. The Morgan fingerprint density at radius 2 is 2.16 bits per heavy atom. The topological polar surface area (TPSA) is 86.7 Å². The molecule has 1 fully saturated rings. The number of aliphatic carboxylic acids is 1. The van der Waals surface area contributed by atoms with Gasteiger partial charge in [-0.1, -0.05) is 26.2 Å². The summed E-state index contributed by atoms with van der Waals surface area (Å²) in [6.07, 6.45) is 4.53. The first kappa shape index (κ1) is 16.4. The number of unbranched alkanes of at least 4 members (excludes halogenated alkanes) is 1. The van der Waals surface area contributed by atoms with Crippen LogP contribution in [0.15, 0.2) is 0 Å². The third-order valence-corrected chi connectivity index (χ3v) is 5.23. The zero-order valence-electron chi connectivity index (χ0n) is 11.6. The number of rotatable bonds is 7. The first-order chi connectivity index (χ1) is 8.88. The van der Waals surface area contributed by atoms with E-state index in [4.69, 9.17) is 5.11 Å². The summed E-state index contributed by atoms with van der Waals surface area (Å²) in [5.41, 5.74) is 0. The van der Waals surface area contributed by atoms with Crippen LogP contribution in [-0.2, 0) is 15.0 Å². The quantitative estimate of drug-likeness (QED) is 0.741. The first-order valence-electron chi connectivity index (χ1n) is 6.90. The molecule has 0 aromatic rings. The predicted molar refractivity (Wildman–Crippen MR) is 73.0 cm³/mol. The van der Waals surface area contributed by atoms with Crippen LogP contribution in [0, 0.1) is 0 Å². The predicted octanol–water partition coefficient (Wildman–Crippen LogP) is 1.34. The van der Waals surface area contributed by atoms with E-state index in [2.05, 4.69) is 4.72 Å². The second-order valence-corrected chi connectivity index (χ2v) is 6.77. The van der Waals surface area contributed by atoms with Crippen LogP contribution >= 0.6 is 0 Å². The fourth-order valence-corrected chi connectivity index (χ4v) is 3.98. The van der Waals surface area contributed by atoms with Crippen LogP contribution in [0.4, 0.5) is 0 Å². The van der Waals surface area contributed by atoms with E-state index in [0.29, 0.717) is 19.4 Å². The summed E-state index contributed by atoms with van der Waals surface area (Å²) >= 11 is 0. The van der Waals surface area contributed by atoms with Crippen molar-refractivity contribution in [3.8, 4) is 0 Å². The summed E-state index contributed by atoms with van der Waals surface area (Å²) < 4.78 is 28.2. The molecule has 1 rings (SSSR count). The second-order valence-electron chi connectivity index (χ2n) is 5.11. The summed E-state index contributed by atoms with van der Waals surface area (Å²) in [6, 6.07) is -1.09. The molecule has 0 amide bonds. The first-order valence-corrected chi connectivity index (χ1v) is 8.34. The molecule has 1 aliphatic heterocycles. The molecule has 1 saturated heterocycles.